The van der Waals surface area contributed by atoms with Gasteiger partial charge in [-0.1, -0.05) is 88.2 Å². The Morgan fingerprint density at radius 3 is 2.23 bits per heavy atom. The Morgan fingerprint density at radius 1 is 1.00 bits per heavy atom. The van der Waals surface area contributed by atoms with Gasteiger partial charge in [0.2, 0.25) is 0 Å². The third kappa shape index (κ3) is 5.82. The van der Waals surface area contributed by atoms with Crippen molar-refractivity contribution in [3.63, 3.8) is 0 Å². The molecule has 0 nitrogen and oxygen atoms in total. The molecule has 0 unspecified atom stereocenters. The van der Waals surface area contributed by atoms with E-state index in [2.05, 4.69) is 76.2 Å². The Morgan fingerprint density at radius 2 is 1.65 bits per heavy atom. The summed E-state index contributed by atoms with van der Waals surface area (Å²) in [5.41, 5.74) is 8.87. The summed E-state index contributed by atoms with van der Waals surface area (Å²) < 4.78 is 0. The van der Waals surface area contributed by atoms with Gasteiger partial charge in [-0.25, -0.2) is 0 Å². The van der Waals surface area contributed by atoms with E-state index in [0.717, 1.165) is 6.42 Å². The number of rotatable bonds is 4. The summed E-state index contributed by atoms with van der Waals surface area (Å²) in [5.74, 6) is 0. The molecule has 0 heterocycles. The summed E-state index contributed by atoms with van der Waals surface area (Å²) in [7, 11) is 9.87. The van der Waals surface area contributed by atoms with E-state index in [0.29, 0.717) is 0 Å². The summed E-state index contributed by atoms with van der Waals surface area (Å²) in [6, 6.07) is 15.9. The van der Waals surface area contributed by atoms with Gasteiger partial charge in [-0.05, 0) is 52.5 Å². The Kier molecular flexibility index (Phi) is 8.66. The fraction of sp³-hybridized carbons (Fsp3) is 0.391. The predicted octanol–water partition coefficient (Wildman–Crippen LogP) is 8.16. The van der Waals surface area contributed by atoms with E-state index >= 15 is 0 Å². The van der Waals surface area contributed by atoms with E-state index in [-0.39, 0.29) is 5.41 Å². The topological polar surface area (TPSA) is 0 Å². The summed E-state index contributed by atoms with van der Waals surface area (Å²) in [6.45, 7) is 9.08. The van der Waals surface area contributed by atoms with Crippen LogP contribution in [0, 0.1) is 0 Å². The first-order chi connectivity index (χ1) is 12.4. The number of unbranched alkanes of at least 4 members (excludes halogenated alkanes) is 1. The van der Waals surface area contributed by atoms with Crippen molar-refractivity contribution in [2.75, 3.05) is 0 Å². The predicted molar refractivity (Wildman–Crippen MR) is 113 cm³/mol. The van der Waals surface area contributed by atoms with Crippen LogP contribution in [0.5, 0.6) is 0 Å². The third-order valence-electron chi connectivity index (χ3n) is 4.88. The van der Waals surface area contributed by atoms with Crippen LogP contribution in [0.4, 0.5) is 0 Å². The van der Waals surface area contributed by atoms with Crippen molar-refractivity contribution in [3.05, 3.63) is 64.7 Å². The van der Waals surface area contributed by atoms with Crippen LogP contribution in [0.1, 0.15) is 63.6 Å². The van der Waals surface area contributed by atoms with E-state index in [1.165, 1.54) is 47.1 Å². The normalized spacial score (nSPS) is 12.8. The van der Waals surface area contributed by atoms with Gasteiger partial charge in [-0.3, -0.25) is 0 Å². The Balaban J connectivity index is 0.000000758. The molecule has 0 radical (unpaired) electrons. The average Bonchev–Trinajstić information content (AvgIpc) is 3.03. The summed E-state index contributed by atoms with van der Waals surface area (Å²) in [5, 5.41) is 0. The van der Waals surface area contributed by atoms with Gasteiger partial charge in [-0.2, -0.15) is 0 Å². The van der Waals surface area contributed by atoms with Crippen LogP contribution in [0.15, 0.2) is 48.0 Å². The monoisotopic (exact) mass is 464 g/mol. The van der Waals surface area contributed by atoms with Gasteiger partial charge in [-0.15, -0.1) is 0 Å². The molecule has 26 heavy (non-hydrogen) atoms. The molecular formula is C23H28Cl2Zr. The Labute approximate surface area is 177 Å². The van der Waals surface area contributed by atoms with Gasteiger partial charge in [0, 0.05) is 0 Å². The standard InChI is InChI=1S/C23H28.2ClH.Zr/c1-5-6-8-17-15-19-9-7-10-21(22(19)16-17)18-11-13-20(14-12-18)23(2,3)4;;;/h7,9-14,16H,5-6,8,15H2,1-4H3;2*1H;/q;;;+2/p-2. The third-order valence-corrected chi connectivity index (χ3v) is 4.88. The molecule has 0 saturated heterocycles. The van der Waals surface area contributed by atoms with Crippen molar-refractivity contribution in [3.8, 4) is 11.1 Å². The molecule has 2 aromatic rings. The molecule has 138 valence electrons. The van der Waals surface area contributed by atoms with Crippen molar-refractivity contribution in [1.82, 2.24) is 0 Å². The summed E-state index contributed by atoms with van der Waals surface area (Å²) >= 11 is -0.826. The molecule has 3 heteroatoms. The number of benzene rings is 2. The number of halogens is 2. The van der Waals surface area contributed by atoms with Crippen LogP contribution >= 0.6 is 17.0 Å². The van der Waals surface area contributed by atoms with E-state index in [1.807, 2.05) is 0 Å². The first kappa shape index (κ1) is 21.9. The Bertz CT molecular complexity index is 740. The molecule has 0 fully saturated rings. The SMILES string of the molecule is CCCCC1=Cc2c(cccc2-c2ccc(C(C)(C)C)cc2)C1.[Cl][Zr][Cl]. The number of hydrogen-bond acceptors (Lipinski definition) is 0. The van der Waals surface area contributed by atoms with Gasteiger partial charge in [0.1, 0.15) is 0 Å². The van der Waals surface area contributed by atoms with Crippen LogP contribution in [-0.2, 0) is 32.7 Å². The van der Waals surface area contributed by atoms with Crippen molar-refractivity contribution < 1.29 is 20.8 Å². The van der Waals surface area contributed by atoms with E-state index in [4.69, 9.17) is 17.0 Å². The molecule has 0 saturated carbocycles. The molecule has 0 atom stereocenters. The second-order valence-corrected chi connectivity index (χ2v) is 11.6. The number of hydrogen-bond donors (Lipinski definition) is 0. The minimum absolute atomic E-state index is 0.213. The first-order valence-corrected chi connectivity index (χ1v) is 15.6. The maximum atomic E-state index is 4.93. The molecular weight excluding hydrogens is 438 g/mol. The minimum atomic E-state index is -0.826. The van der Waals surface area contributed by atoms with Gasteiger partial charge < -0.3 is 0 Å². The van der Waals surface area contributed by atoms with E-state index in [1.54, 1.807) is 5.57 Å². The van der Waals surface area contributed by atoms with E-state index in [9.17, 15) is 0 Å². The Hall–Kier alpha value is -0.357. The van der Waals surface area contributed by atoms with Crippen LogP contribution in [0.25, 0.3) is 17.2 Å². The van der Waals surface area contributed by atoms with Gasteiger partial charge >= 0.3 is 37.9 Å². The second-order valence-electron chi connectivity index (χ2n) is 7.86. The van der Waals surface area contributed by atoms with Crippen molar-refractivity contribution in [2.24, 2.45) is 0 Å². The molecule has 0 aliphatic heterocycles. The molecule has 0 amide bonds. The zero-order valence-corrected chi connectivity index (χ0v) is 20.2. The maximum absolute atomic E-state index is 4.93. The number of allylic oxidation sites excluding steroid dienone is 1. The van der Waals surface area contributed by atoms with Gasteiger partial charge in [0.15, 0.2) is 0 Å². The fourth-order valence-corrected chi connectivity index (χ4v) is 3.40. The van der Waals surface area contributed by atoms with Crippen molar-refractivity contribution >= 4 is 23.1 Å². The second kappa shape index (κ2) is 10.3. The zero-order chi connectivity index (χ0) is 19.2. The molecule has 1 aliphatic carbocycles. The van der Waals surface area contributed by atoms with Gasteiger partial charge in [0.05, 0.1) is 0 Å². The van der Waals surface area contributed by atoms with Crippen LogP contribution in [0.3, 0.4) is 0 Å². The molecule has 0 spiro atoms. The molecule has 0 N–H and O–H groups in total. The molecule has 1 aliphatic rings. The number of fused-ring (bicyclic) bond motifs is 1. The molecule has 2 aromatic carbocycles. The van der Waals surface area contributed by atoms with Crippen LogP contribution < -0.4 is 0 Å². The fourth-order valence-electron chi connectivity index (χ4n) is 3.40. The quantitative estimate of drug-likeness (QED) is 0.426. The first-order valence-electron chi connectivity index (χ1n) is 9.29. The summed E-state index contributed by atoms with van der Waals surface area (Å²) in [6.07, 6.45) is 7.40. The summed E-state index contributed by atoms with van der Waals surface area (Å²) in [4.78, 5) is 0. The molecule has 0 bridgehead atoms. The van der Waals surface area contributed by atoms with Gasteiger partial charge in [0.25, 0.3) is 0 Å². The van der Waals surface area contributed by atoms with Crippen molar-refractivity contribution in [2.45, 2.75) is 58.8 Å². The van der Waals surface area contributed by atoms with Crippen molar-refractivity contribution in [1.29, 1.82) is 0 Å². The van der Waals surface area contributed by atoms with Crippen LogP contribution in [0.2, 0.25) is 0 Å². The molecule has 0 aromatic heterocycles. The average molecular weight is 467 g/mol. The van der Waals surface area contributed by atoms with Crippen LogP contribution in [-0.4, -0.2) is 0 Å². The zero-order valence-electron chi connectivity index (χ0n) is 16.2. The van der Waals surface area contributed by atoms with E-state index < -0.39 is 20.8 Å². The molecule has 3 rings (SSSR count).